The third-order valence-corrected chi connectivity index (χ3v) is 7.67. The summed E-state index contributed by atoms with van der Waals surface area (Å²) in [7, 11) is 1.76. The maximum absolute atomic E-state index is 12.4. The maximum atomic E-state index is 12.4. The Labute approximate surface area is 239 Å². The Morgan fingerprint density at radius 2 is 2.02 bits per heavy atom. The molecular weight excluding hydrogens is 528 g/mol. The van der Waals surface area contributed by atoms with Crippen LogP contribution in [-0.4, -0.2) is 52.2 Å². The van der Waals surface area contributed by atoms with E-state index < -0.39 is 5.41 Å². The molecule has 1 saturated heterocycles. The van der Waals surface area contributed by atoms with Gasteiger partial charge in [0.2, 0.25) is 5.28 Å². The molecule has 0 saturated carbocycles. The summed E-state index contributed by atoms with van der Waals surface area (Å²) < 4.78 is 19.9. The van der Waals surface area contributed by atoms with Crippen LogP contribution in [0.3, 0.4) is 0 Å². The normalized spacial score (nSPS) is 17.1. The number of fused-ring (bicyclic) bond motifs is 1. The van der Waals surface area contributed by atoms with Crippen LogP contribution in [0.2, 0.25) is 5.28 Å². The summed E-state index contributed by atoms with van der Waals surface area (Å²) in [4.78, 5) is 26.6. The van der Waals surface area contributed by atoms with Crippen LogP contribution >= 0.6 is 11.6 Å². The Morgan fingerprint density at radius 3 is 2.75 bits per heavy atom. The van der Waals surface area contributed by atoms with Crippen molar-refractivity contribution in [3.05, 3.63) is 87.4 Å². The van der Waals surface area contributed by atoms with Gasteiger partial charge in [-0.25, -0.2) is 9.97 Å². The number of aromatic nitrogens is 4. The molecule has 0 N–H and O–H groups in total. The summed E-state index contributed by atoms with van der Waals surface area (Å²) in [5.41, 5.74) is 3.97. The summed E-state index contributed by atoms with van der Waals surface area (Å²) in [5, 5.41) is 0.988. The molecule has 0 spiro atoms. The average molecular weight is 563 g/mol. The Morgan fingerprint density at radius 1 is 1.15 bits per heavy atom. The van der Waals surface area contributed by atoms with Crippen molar-refractivity contribution in [2.45, 2.75) is 51.2 Å². The number of nitrogens with zero attached hydrogens (tertiary/aromatic N) is 4. The van der Waals surface area contributed by atoms with E-state index in [0.717, 1.165) is 47.2 Å². The monoisotopic (exact) mass is 562 g/mol. The van der Waals surface area contributed by atoms with E-state index in [-0.39, 0.29) is 23.7 Å². The second-order valence-electron chi connectivity index (χ2n) is 10.3. The van der Waals surface area contributed by atoms with Crippen LogP contribution in [0, 0.1) is 6.92 Å². The Balaban J connectivity index is 1.71. The minimum atomic E-state index is -0.792. The standard InChI is InChI=1S/C31H35ClN4O4/c1-4-38-16-13-31(26-9-5-7-14-33-26,20-40-27-10-6-8-15-39-27)28-24-18-22(11-12-25(24)34-30(32)35-28)23-17-21(2)29(37)36(3)19-23/h5,7,9,11-12,14,17-19,27H,4,6,8,10,13,15-16,20H2,1-3H3. The highest BCUT2D eigenvalue weighted by Gasteiger charge is 2.40. The van der Waals surface area contributed by atoms with E-state index in [9.17, 15) is 4.79 Å². The number of aryl methyl sites for hydroxylation is 2. The number of halogens is 1. The number of benzene rings is 1. The predicted molar refractivity (Wildman–Crippen MR) is 156 cm³/mol. The lowest BCUT2D eigenvalue weighted by atomic mass is 9.76. The van der Waals surface area contributed by atoms with Crippen LogP contribution in [-0.2, 0) is 26.7 Å². The van der Waals surface area contributed by atoms with Crippen LogP contribution in [0.5, 0.6) is 0 Å². The summed E-state index contributed by atoms with van der Waals surface area (Å²) in [5.74, 6) is 0. The van der Waals surface area contributed by atoms with Crippen molar-refractivity contribution >= 4 is 22.5 Å². The van der Waals surface area contributed by atoms with Crippen molar-refractivity contribution in [3.63, 3.8) is 0 Å². The zero-order valence-electron chi connectivity index (χ0n) is 23.2. The van der Waals surface area contributed by atoms with Crippen LogP contribution in [0.25, 0.3) is 22.0 Å². The van der Waals surface area contributed by atoms with Crippen LogP contribution in [0.1, 0.15) is 49.6 Å². The zero-order chi connectivity index (χ0) is 28.1. The summed E-state index contributed by atoms with van der Waals surface area (Å²) in [6, 6.07) is 13.8. The molecule has 0 amide bonds. The Hall–Kier alpha value is -3.17. The summed E-state index contributed by atoms with van der Waals surface area (Å²) in [6.07, 6.45) is 6.83. The van der Waals surface area contributed by atoms with Gasteiger partial charge >= 0.3 is 0 Å². The van der Waals surface area contributed by atoms with Gasteiger partial charge in [-0.3, -0.25) is 9.78 Å². The number of rotatable bonds is 10. The van der Waals surface area contributed by atoms with Gasteiger partial charge in [-0.2, -0.15) is 0 Å². The molecule has 40 heavy (non-hydrogen) atoms. The second-order valence-corrected chi connectivity index (χ2v) is 10.6. The van der Waals surface area contributed by atoms with Gasteiger partial charge in [-0.15, -0.1) is 0 Å². The average Bonchev–Trinajstić information content (AvgIpc) is 2.98. The molecule has 8 nitrogen and oxygen atoms in total. The van der Waals surface area contributed by atoms with Crippen molar-refractivity contribution in [3.8, 4) is 11.1 Å². The Bertz CT molecular complexity index is 1500. The van der Waals surface area contributed by atoms with Gasteiger partial charge in [0.15, 0.2) is 6.29 Å². The molecule has 0 aliphatic carbocycles. The Kier molecular flexibility index (Phi) is 8.90. The molecule has 210 valence electrons. The van der Waals surface area contributed by atoms with Gasteiger partial charge in [0.05, 0.1) is 28.9 Å². The van der Waals surface area contributed by atoms with E-state index in [1.165, 1.54) is 0 Å². The fraction of sp³-hybridized carbons (Fsp3) is 0.419. The summed E-state index contributed by atoms with van der Waals surface area (Å²) in [6.45, 7) is 5.84. The molecular formula is C31H35ClN4O4. The molecule has 1 aliphatic heterocycles. The molecule has 4 aromatic rings. The molecule has 1 fully saturated rings. The lowest BCUT2D eigenvalue weighted by Gasteiger charge is -2.35. The van der Waals surface area contributed by atoms with E-state index in [2.05, 4.69) is 11.1 Å². The minimum Gasteiger partial charge on any atom is -0.382 e. The fourth-order valence-electron chi connectivity index (χ4n) is 5.38. The molecule has 1 aliphatic rings. The molecule has 2 unspecified atom stereocenters. The molecule has 2 atom stereocenters. The van der Waals surface area contributed by atoms with Crippen molar-refractivity contribution in [1.82, 2.24) is 19.5 Å². The predicted octanol–water partition coefficient (Wildman–Crippen LogP) is 5.61. The fourth-order valence-corrected chi connectivity index (χ4v) is 5.55. The molecule has 1 aromatic carbocycles. The largest absolute Gasteiger partial charge is 0.382 e. The third-order valence-electron chi connectivity index (χ3n) is 7.50. The molecule has 3 aromatic heterocycles. The quantitative estimate of drug-likeness (QED) is 0.183. The van der Waals surface area contributed by atoms with E-state index in [0.29, 0.717) is 37.3 Å². The van der Waals surface area contributed by atoms with Crippen LogP contribution in [0.15, 0.2) is 59.7 Å². The summed E-state index contributed by atoms with van der Waals surface area (Å²) >= 11 is 6.57. The third kappa shape index (κ3) is 5.95. The SMILES string of the molecule is CCOCCC(COC1CCCCO1)(c1ccccn1)c1nc(Cl)nc2ccc(-c3cc(C)c(=O)n(C)c3)cc12. The van der Waals surface area contributed by atoms with E-state index in [4.69, 9.17) is 35.8 Å². The number of ether oxygens (including phenoxy) is 3. The highest BCUT2D eigenvalue weighted by atomic mass is 35.5. The van der Waals surface area contributed by atoms with Gasteiger partial charge in [0, 0.05) is 50.2 Å². The maximum Gasteiger partial charge on any atom is 0.253 e. The highest BCUT2D eigenvalue weighted by molar-refractivity contribution is 6.28. The first-order valence-corrected chi connectivity index (χ1v) is 14.2. The lowest BCUT2D eigenvalue weighted by molar-refractivity contribution is -0.170. The number of pyridine rings is 2. The van der Waals surface area contributed by atoms with Gasteiger partial charge < -0.3 is 18.8 Å². The van der Waals surface area contributed by atoms with Gasteiger partial charge in [-0.1, -0.05) is 12.1 Å². The lowest BCUT2D eigenvalue weighted by Crippen LogP contribution is -2.39. The van der Waals surface area contributed by atoms with Gasteiger partial charge in [0.1, 0.15) is 0 Å². The van der Waals surface area contributed by atoms with Gasteiger partial charge in [-0.05, 0) is 92.6 Å². The minimum absolute atomic E-state index is 0.0208. The molecule has 5 rings (SSSR count). The zero-order valence-corrected chi connectivity index (χ0v) is 24.0. The molecule has 0 radical (unpaired) electrons. The molecule has 9 heteroatoms. The molecule has 0 bridgehead atoms. The first-order chi connectivity index (χ1) is 19.4. The van der Waals surface area contributed by atoms with Crippen LogP contribution in [0.4, 0.5) is 0 Å². The van der Waals surface area contributed by atoms with Crippen molar-refractivity contribution < 1.29 is 14.2 Å². The highest BCUT2D eigenvalue weighted by Crippen LogP contribution is 2.40. The molecule has 4 heterocycles. The van der Waals surface area contributed by atoms with E-state index >= 15 is 0 Å². The number of hydrogen-bond acceptors (Lipinski definition) is 7. The van der Waals surface area contributed by atoms with Crippen molar-refractivity contribution in [2.75, 3.05) is 26.4 Å². The van der Waals surface area contributed by atoms with E-state index in [1.54, 1.807) is 17.8 Å². The first-order valence-electron chi connectivity index (χ1n) is 13.8. The first kappa shape index (κ1) is 28.4. The van der Waals surface area contributed by atoms with E-state index in [1.807, 2.05) is 56.4 Å². The second kappa shape index (κ2) is 12.6. The van der Waals surface area contributed by atoms with Crippen LogP contribution < -0.4 is 5.56 Å². The van der Waals surface area contributed by atoms with Crippen molar-refractivity contribution in [2.24, 2.45) is 7.05 Å². The smallest absolute Gasteiger partial charge is 0.253 e. The van der Waals surface area contributed by atoms with Gasteiger partial charge in [0.25, 0.3) is 5.56 Å². The van der Waals surface area contributed by atoms with Crippen molar-refractivity contribution in [1.29, 1.82) is 0 Å². The number of hydrogen-bond donors (Lipinski definition) is 0. The topological polar surface area (TPSA) is 88.4 Å².